The van der Waals surface area contributed by atoms with Crippen LogP contribution in [0.2, 0.25) is 10.0 Å². The summed E-state index contributed by atoms with van der Waals surface area (Å²) in [5.41, 5.74) is 1.60. The highest BCUT2D eigenvalue weighted by atomic mass is 35.5. The number of nitrogens with one attached hydrogen (secondary N) is 2. The topological polar surface area (TPSA) is 103 Å². The first-order chi connectivity index (χ1) is 17.0. The fraction of sp³-hybridized carbons (Fsp3) is 0.360. The Bertz CT molecular complexity index is 1370. The molecule has 2 unspecified atom stereocenters. The molecule has 0 bridgehead atoms. The summed E-state index contributed by atoms with van der Waals surface area (Å²) in [6.45, 7) is 6.17. The molecule has 1 amide bonds. The number of aromatic nitrogens is 2. The minimum absolute atomic E-state index is 0.245. The molecule has 2 aromatic rings. The molecule has 2 N–H and O–H groups in total. The molecule has 0 saturated heterocycles. The van der Waals surface area contributed by atoms with E-state index < -0.39 is 11.7 Å². The Morgan fingerprint density at radius 1 is 1.25 bits per heavy atom. The van der Waals surface area contributed by atoms with Crippen molar-refractivity contribution in [3.8, 4) is 0 Å². The highest BCUT2D eigenvalue weighted by Gasteiger charge is 2.40. The lowest BCUT2D eigenvalue weighted by molar-refractivity contribution is 0.0306. The van der Waals surface area contributed by atoms with Crippen molar-refractivity contribution >= 4 is 52.6 Å². The number of carbonyl (C=O) groups is 1. The van der Waals surface area contributed by atoms with Crippen LogP contribution in [0.1, 0.15) is 43.9 Å². The van der Waals surface area contributed by atoms with E-state index in [0.717, 1.165) is 5.57 Å². The maximum Gasteiger partial charge on any atom is 0.410 e. The average molecular weight is 529 g/mol. The third-order valence-electron chi connectivity index (χ3n) is 6.15. The number of para-hydroxylation sites is 1. The number of hydrogen-bond donors (Lipinski definition) is 2. The largest absolute Gasteiger partial charge is 0.444 e. The second-order valence-electron chi connectivity index (χ2n) is 9.88. The van der Waals surface area contributed by atoms with Gasteiger partial charge in [-0.25, -0.2) is 14.8 Å². The second kappa shape index (κ2) is 8.97. The fourth-order valence-corrected chi connectivity index (χ4v) is 4.96. The van der Waals surface area contributed by atoms with Gasteiger partial charge >= 0.3 is 6.09 Å². The Kier molecular flexibility index (Phi) is 6.08. The molecule has 1 aromatic heterocycles. The van der Waals surface area contributed by atoms with E-state index in [4.69, 9.17) is 37.9 Å². The van der Waals surface area contributed by atoms with Crippen molar-refractivity contribution in [1.29, 1.82) is 0 Å². The lowest BCUT2D eigenvalue weighted by Gasteiger charge is -2.29. The number of guanidine groups is 1. The number of ether oxygens (including phenoxy) is 1. The van der Waals surface area contributed by atoms with Crippen molar-refractivity contribution in [2.24, 2.45) is 4.99 Å². The van der Waals surface area contributed by atoms with Gasteiger partial charge in [-0.3, -0.25) is 4.79 Å². The summed E-state index contributed by atoms with van der Waals surface area (Å²) in [5, 5.41) is 4.15. The number of rotatable bonds is 2. The number of fused-ring (bicyclic) bond motifs is 3. The molecule has 0 saturated carbocycles. The summed E-state index contributed by atoms with van der Waals surface area (Å²) in [7, 11) is 1.86. The van der Waals surface area contributed by atoms with Gasteiger partial charge in [0.25, 0.3) is 5.56 Å². The molecular weight excluding hydrogens is 503 g/mol. The Labute approximate surface area is 218 Å². The number of aromatic amines is 1. The van der Waals surface area contributed by atoms with E-state index in [9.17, 15) is 9.59 Å². The Morgan fingerprint density at radius 2 is 1.97 bits per heavy atom. The van der Waals surface area contributed by atoms with Gasteiger partial charge in [0.15, 0.2) is 5.96 Å². The normalized spacial score (nSPS) is 20.6. The molecule has 3 aliphatic rings. The van der Waals surface area contributed by atoms with Gasteiger partial charge in [-0.1, -0.05) is 41.4 Å². The summed E-state index contributed by atoms with van der Waals surface area (Å²) in [6, 6.07) is 4.64. The minimum Gasteiger partial charge on any atom is -0.444 e. The van der Waals surface area contributed by atoms with E-state index in [1.807, 2.05) is 50.9 Å². The van der Waals surface area contributed by atoms with Crippen LogP contribution in [-0.2, 0) is 4.74 Å². The first-order valence-electron chi connectivity index (χ1n) is 11.5. The average Bonchev–Trinajstić information content (AvgIpc) is 3.41. The van der Waals surface area contributed by atoms with Crippen molar-refractivity contribution in [2.45, 2.75) is 38.5 Å². The van der Waals surface area contributed by atoms with E-state index in [1.54, 1.807) is 23.1 Å². The van der Waals surface area contributed by atoms with Gasteiger partial charge in [0.05, 0.1) is 45.6 Å². The molecule has 1 aromatic carbocycles. The molecule has 1 aliphatic carbocycles. The van der Waals surface area contributed by atoms with Crippen molar-refractivity contribution < 1.29 is 9.53 Å². The summed E-state index contributed by atoms with van der Waals surface area (Å²) >= 11 is 12.6. The van der Waals surface area contributed by atoms with Gasteiger partial charge in [-0.15, -0.1) is 0 Å². The maximum atomic E-state index is 13.3. The molecule has 3 heterocycles. The number of benzene rings is 1. The number of aliphatic imine (C=N–C) groups is 1. The van der Waals surface area contributed by atoms with Crippen LogP contribution in [0.5, 0.6) is 0 Å². The zero-order valence-corrected chi connectivity index (χ0v) is 21.8. The smallest absolute Gasteiger partial charge is 0.410 e. The van der Waals surface area contributed by atoms with Crippen LogP contribution in [0.4, 0.5) is 10.5 Å². The number of H-pyrrole nitrogens is 1. The Morgan fingerprint density at radius 3 is 2.67 bits per heavy atom. The highest BCUT2D eigenvalue weighted by molar-refractivity contribution is 6.39. The van der Waals surface area contributed by atoms with E-state index in [2.05, 4.69) is 10.3 Å². The van der Waals surface area contributed by atoms with Crippen LogP contribution >= 0.6 is 23.2 Å². The van der Waals surface area contributed by atoms with Crippen LogP contribution in [0.3, 0.4) is 0 Å². The number of hydrogen-bond acceptors (Lipinski definition) is 7. The van der Waals surface area contributed by atoms with Gasteiger partial charge in [-0.2, -0.15) is 0 Å². The predicted molar refractivity (Wildman–Crippen MR) is 141 cm³/mol. The maximum absolute atomic E-state index is 13.3. The molecule has 36 heavy (non-hydrogen) atoms. The summed E-state index contributed by atoms with van der Waals surface area (Å²) in [5.74, 6) is 0.989. The van der Waals surface area contributed by atoms with Gasteiger partial charge in [0.1, 0.15) is 11.4 Å². The van der Waals surface area contributed by atoms with E-state index >= 15 is 0 Å². The van der Waals surface area contributed by atoms with Crippen molar-refractivity contribution in [2.75, 3.05) is 25.5 Å². The van der Waals surface area contributed by atoms with E-state index in [-0.39, 0.29) is 17.6 Å². The van der Waals surface area contributed by atoms with Gasteiger partial charge in [0.2, 0.25) is 0 Å². The Hall–Kier alpha value is -3.30. The van der Waals surface area contributed by atoms with Crippen molar-refractivity contribution in [1.82, 2.24) is 19.8 Å². The van der Waals surface area contributed by atoms with Crippen LogP contribution in [-0.4, -0.2) is 63.6 Å². The lowest BCUT2D eigenvalue weighted by Crippen LogP contribution is -2.38. The second-order valence-corrected chi connectivity index (χ2v) is 10.7. The molecule has 9 nitrogen and oxygen atoms in total. The van der Waals surface area contributed by atoms with Crippen LogP contribution < -0.4 is 10.9 Å². The van der Waals surface area contributed by atoms with Crippen molar-refractivity contribution in [3.63, 3.8) is 0 Å². The number of amides is 1. The van der Waals surface area contributed by atoms with Crippen LogP contribution in [0.15, 0.2) is 40.1 Å². The number of carbonyl (C=O) groups excluding carboxylic acids is 1. The third kappa shape index (κ3) is 4.49. The monoisotopic (exact) mass is 528 g/mol. The summed E-state index contributed by atoms with van der Waals surface area (Å²) in [6.07, 6.45) is 5.22. The van der Waals surface area contributed by atoms with Gasteiger partial charge in [0, 0.05) is 19.2 Å². The molecule has 0 spiro atoms. The van der Waals surface area contributed by atoms with Crippen LogP contribution in [0, 0.1) is 0 Å². The molecule has 188 valence electrons. The summed E-state index contributed by atoms with van der Waals surface area (Å²) < 4.78 is 5.46. The molecule has 11 heteroatoms. The summed E-state index contributed by atoms with van der Waals surface area (Å²) in [4.78, 5) is 41.6. The van der Waals surface area contributed by atoms with Gasteiger partial charge in [-0.05, 0) is 39.0 Å². The molecule has 0 radical (unpaired) electrons. The molecule has 2 atom stereocenters. The lowest BCUT2D eigenvalue weighted by atomic mass is 9.93. The predicted octanol–water partition coefficient (Wildman–Crippen LogP) is 4.56. The number of nitrogens with zero attached hydrogens (tertiary/aromatic N) is 4. The number of likely N-dealkylation sites (N-methyl/N-ethyl adjacent to an activating group) is 1. The third-order valence-corrected chi connectivity index (χ3v) is 6.78. The molecular formula is C25H26Cl2N6O3. The molecule has 2 aliphatic heterocycles. The number of anilines is 1. The fourth-order valence-electron chi connectivity index (χ4n) is 4.47. The first kappa shape index (κ1) is 24.4. The van der Waals surface area contributed by atoms with Gasteiger partial charge < -0.3 is 24.8 Å². The quantitative estimate of drug-likeness (QED) is 0.592. The SMILES string of the molecule is CN1C(Nc2c(Cl)cccc2Cl)=NC2C=Cc3nc(C4=CCN(C(=O)OC(C)(C)C)C4)[nH]c(=O)c3C21. The first-order valence-corrected chi connectivity index (χ1v) is 12.3. The van der Waals surface area contributed by atoms with Crippen molar-refractivity contribution in [3.05, 3.63) is 67.8 Å². The highest BCUT2D eigenvalue weighted by Crippen LogP contribution is 2.37. The standard InChI is InChI=1S/C25H26Cl2N6O3/c1-25(2,3)36-24(35)33-11-10-13(12-33)21-28-16-8-9-17-20(18(16)22(34)31-21)32(4)23(29-17)30-19-14(26)6-5-7-15(19)27/h5-10,17,20H,11-12H2,1-4H3,(H,29,30)(H,28,31,34). The van der Waals surface area contributed by atoms with E-state index in [0.29, 0.717) is 51.9 Å². The van der Waals surface area contributed by atoms with E-state index in [1.165, 1.54) is 0 Å². The zero-order valence-electron chi connectivity index (χ0n) is 20.3. The zero-order chi connectivity index (χ0) is 25.8. The Balaban J connectivity index is 1.37. The minimum atomic E-state index is -0.584. The van der Waals surface area contributed by atoms with Crippen LogP contribution in [0.25, 0.3) is 11.6 Å². The molecule has 0 fully saturated rings. The number of halogens is 2. The molecule has 5 rings (SSSR count).